The highest BCUT2D eigenvalue weighted by Crippen LogP contribution is 2.20. The van der Waals surface area contributed by atoms with Crippen LogP contribution in [0.2, 0.25) is 0 Å². The summed E-state index contributed by atoms with van der Waals surface area (Å²) in [6.45, 7) is 10.6. The van der Waals surface area contributed by atoms with Crippen molar-refractivity contribution in [2.75, 3.05) is 57.3 Å². The molecule has 3 heterocycles. The lowest BCUT2D eigenvalue weighted by atomic mass is 10.2. The lowest BCUT2D eigenvalue weighted by Crippen LogP contribution is -2.50. The molecule has 7 nitrogen and oxygen atoms in total. The molecular formula is C21H31N5O2. The molecule has 28 heavy (non-hydrogen) atoms. The summed E-state index contributed by atoms with van der Waals surface area (Å²) in [6, 6.07) is 9.91. The third kappa shape index (κ3) is 5.33. The molecule has 1 atom stereocenters. The van der Waals surface area contributed by atoms with E-state index < -0.39 is 0 Å². The van der Waals surface area contributed by atoms with E-state index in [2.05, 4.69) is 38.8 Å². The van der Waals surface area contributed by atoms with Gasteiger partial charge in [0.2, 0.25) is 5.91 Å². The number of amides is 1. The third-order valence-corrected chi connectivity index (χ3v) is 5.33. The van der Waals surface area contributed by atoms with Gasteiger partial charge in [-0.1, -0.05) is 19.9 Å². The van der Waals surface area contributed by atoms with Crippen molar-refractivity contribution in [3.8, 4) is 0 Å². The molecule has 7 heteroatoms. The van der Waals surface area contributed by atoms with Crippen LogP contribution in [-0.4, -0.2) is 73.0 Å². The number of furan rings is 1. The van der Waals surface area contributed by atoms with Gasteiger partial charge in [-0.2, -0.15) is 0 Å². The lowest BCUT2D eigenvalue weighted by molar-refractivity contribution is -0.122. The highest BCUT2D eigenvalue weighted by Gasteiger charge is 2.23. The number of carbonyl (C=O) groups is 1. The Morgan fingerprint density at radius 3 is 2.57 bits per heavy atom. The first-order valence-electron chi connectivity index (χ1n) is 10.1. The summed E-state index contributed by atoms with van der Waals surface area (Å²) < 4.78 is 5.60. The van der Waals surface area contributed by atoms with Gasteiger partial charge in [0.1, 0.15) is 11.6 Å². The number of hydrogen-bond acceptors (Lipinski definition) is 6. The number of piperazine rings is 1. The van der Waals surface area contributed by atoms with Crippen molar-refractivity contribution < 1.29 is 9.21 Å². The molecule has 0 aromatic carbocycles. The summed E-state index contributed by atoms with van der Waals surface area (Å²) in [4.78, 5) is 23.7. The van der Waals surface area contributed by atoms with Crippen LogP contribution in [0.4, 0.5) is 5.82 Å². The average molecular weight is 386 g/mol. The third-order valence-electron chi connectivity index (χ3n) is 5.33. The van der Waals surface area contributed by atoms with Gasteiger partial charge in [-0.15, -0.1) is 0 Å². The predicted octanol–water partition coefficient (Wildman–Crippen LogP) is 2.00. The molecule has 0 aliphatic carbocycles. The maximum Gasteiger partial charge on any atom is 0.234 e. The summed E-state index contributed by atoms with van der Waals surface area (Å²) >= 11 is 0. The van der Waals surface area contributed by atoms with E-state index in [9.17, 15) is 4.79 Å². The van der Waals surface area contributed by atoms with Crippen LogP contribution in [0.25, 0.3) is 0 Å². The first-order chi connectivity index (χ1) is 13.7. The van der Waals surface area contributed by atoms with Crippen molar-refractivity contribution in [3.05, 3.63) is 48.6 Å². The van der Waals surface area contributed by atoms with Crippen LogP contribution in [0.1, 0.15) is 25.6 Å². The van der Waals surface area contributed by atoms with Gasteiger partial charge in [0, 0.05) is 38.9 Å². The molecule has 0 bridgehead atoms. The maximum atomic E-state index is 12.5. The Morgan fingerprint density at radius 1 is 1.18 bits per heavy atom. The van der Waals surface area contributed by atoms with Crippen molar-refractivity contribution in [3.63, 3.8) is 0 Å². The summed E-state index contributed by atoms with van der Waals surface area (Å²) in [5.74, 6) is 1.97. The summed E-state index contributed by atoms with van der Waals surface area (Å²) in [5.41, 5.74) is 0. The number of aromatic nitrogens is 1. The van der Waals surface area contributed by atoms with E-state index in [-0.39, 0.29) is 11.9 Å². The zero-order valence-electron chi connectivity index (χ0n) is 16.9. The Labute approximate surface area is 167 Å². The molecule has 0 radical (unpaired) electrons. The molecule has 1 saturated heterocycles. The molecule has 0 spiro atoms. The molecule has 2 aromatic heterocycles. The maximum absolute atomic E-state index is 12.5. The fourth-order valence-electron chi connectivity index (χ4n) is 3.70. The molecule has 1 unspecified atom stereocenters. The molecular weight excluding hydrogens is 354 g/mol. The smallest absolute Gasteiger partial charge is 0.234 e. The number of likely N-dealkylation sites (N-methyl/N-ethyl adjacent to an activating group) is 1. The average Bonchev–Trinajstić information content (AvgIpc) is 3.27. The molecule has 1 aliphatic rings. The number of hydrogen-bond donors (Lipinski definition) is 1. The first kappa shape index (κ1) is 20.4. The highest BCUT2D eigenvalue weighted by atomic mass is 16.3. The van der Waals surface area contributed by atoms with Gasteiger partial charge in [0.05, 0.1) is 18.8 Å². The van der Waals surface area contributed by atoms with E-state index in [0.717, 1.165) is 50.8 Å². The van der Waals surface area contributed by atoms with Crippen molar-refractivity contribution in [1.82, 2.24) is 20.1 Å². The van der Waals surface area contributed by atoms with E-state index in [1.165, 1.54) is 0 Å². The number of nitrogens with zero attached hydrogens (tertiary/aromatic N) is 4. The summed E-state index contributed by atoms with van der Waals surface area (Å²) in [7, 11) is 0. The molecule has 1 aliphatic heterocycles. The van der Waals surface area contributed by atoms with Gasteiger partial charge in [-0.3, -0.25) is 14.6 Å². The number of nitrogens with one attached hydrogen (secondary N) is 1. The first-order valence-corrected chi connectivity index (χ1v) is 10.1. The van der Waals surface area contributed by atoms with Gasteiger partial charge < -0.3 is 14.6 Å². The molecule has 152 valence electrons. The molecule has 1 N–H and O–H groups in total. The van der Waals surface area contributed by atoms with Crippen LogP contribution in [-0.2, 0) is 4.79 Å². The molecule has 3 rings (SSSR count). The van der Waals surface area contributed by atoms with Crippen molar-refractivity contribution in [1.29, 1.82) is 0 Å². The van der Waals surface area contributed by atoms with Gasteiger partial charge >= 0.3 is 0 Å². The topological polar surface area (TPSA) is 64.9 Å². The Balaban J connectivity index is 1.46. The minimum absolute atomic E-state index is 0.0648. The fraction of sp³-hybridized carbons (Fsp3) is 0.524. The molecule has 1 fully saturated rings. The lowest BCUT2D eigenvalue weighted by Gasteiger charge is -2.35. The molecule has 0 saturated carbocycles. The van der Waals surface area contributed by atoms with E-state index in [4.69, 9.17) is 4.42 Å². The normalized spacial score (nSPS) is 16.3. The van der Waals surface area contributed by atoms with E-state index in [0.29, 0.717) is 13.1 Å². The summed E-state index contributed by atoms with van der Waals surface area (Å²) in [6.07, 6.45) is 3.51. The number of pyridine rings is 1. The van der Waals surface area contributed by atoms with Crippen molar-refractivity contribution in [2.24, 2.45) is 0 Å². The van der Waals surface area contributed by atoms with Gasteiger partial charge in [-0.25, -0.2) is 4.98 Å². The highest BCUT2D eigenvalue weighted by molar-refractivity contribution is 5.78. The Kier molecular flexibility index (Phi) is 7.45. The Morgan fingerprint density at radius 2 is 1.96 bits per heavy atom. The fourth-order valence-corrected chi connectivity index (χ4v) is 3.70. The minimum atomic E-state index is 0.0648. The van der Waals surface area contributed by atoms with Gasteiger partial charge in [-0.05, 0) is 37.4 Å². The van der Waals surface area contributed by atoms with E-state index >= 15 is 0 Å². The summed E-state index contributed by atoms with van der Waals surface area (Å²) in [5, 5.41) is 3.10. The SMILES string of the molecule is CCN(CC)C(CNC(=O)CN1CCN(c2ccccn2)CC1)c1ccco1. The Bertz CT molecular complexity index is 695. The largest absolute Gasteiger partial charge is 0.468 e. The van der Waals surface area contributed by atoms with Crippen LogP contribution in [0.5, 0.6) is 0 Å². The second kappa shape index (κ2) is 10.2. The predicted molar refractivity (Wildman–Crippen MR) is 110 cm³/mol. The van der Waals surface area contributed by atoms with Crippen LogP contribution in [0.3, 0.4) is 0 Å². The monoisotopic (exact) mass is 385 g/mol. The zero-order chi connectivity index (χ0) is 19.8. The number of anilines is 1. The standard InChI is InChI=1S/C21H31N5O2/c1-3-25(4-2)18(19-8-7-15-28-19)16-23-21(27)17-24-11-13-26(14-12-24)20-9-5-6-10-22-20/h5-10,15,18H,3-4,11-14,16-17H2,1-2H3,(H,23,27). The van der Waals surface area contributed by atoms with Crippen LogP contribution in [0.15, 0.2) is 47.2 Å². The number of carbonyl (C=O) groups excluding carboxylic acids is 1. The number of rotatable bonds is 9. The van der Waals surface area contributed by atoms with Crippen LogP contribution < -0.4 is 10.2 Å². The Hall–Kier alpha value is -2.38. The van der Waals surface area contributed by atoms with Gasteiger partial charge in [0.25, 0.3) is 0 Å². The second-order valence-corrected chi connectivity index (χ2v) is 7.01. The van der Waals surface area contributed by atoms with Crippen LogP contribution >= 0.6 is 0 Å². The van der Waals surface area contributed by atoms with Crippen LogP contribution in [0, 0.1) is 0 Å². The van der Waals surface area contributed by atoms with Crippen molar-refractivity contribution in [2.45, 2.75) is 19.9 Å². The minimum Gasteiger partial charge on any atom is -0.468 e. The second-order valence-electron chi connectivity index (χ2n) is 7.01. The quantitative estimate of drug-likeness (QED) is 0.712. The van der Waals surface area contributed by atoms with E-state index in [1.807, 2.05) is 36.5 Å². The zero-order valence-corrected chi connectivity index (χ0v) is 16.9. The van der Waals surface area contributed by atoms with Gasteiger partial charge in [0.15, 0.2) is 0 Å². The van der Waals surface area contributed by atoms with E-state index in [1.54, 1.807) is 6.26 Å². The molecule has 2 aromatic rings. The van der Waals surface area contributed by atoms with Crippen molar-refractivity contribution >= 4 is 11.7 Å². The molecule has 1 amide bonds.